The first kappa shape index (κ1) is 27.1. The zero-order valence-electron chi connectivity index (χ0n) is 19.6. The van der Waals surface area contributed by atoms with Gasteiger partial charge in [-0.05, 0) is 88.8 Å². The van der Waals surface area contributed by atoms with Gasteiger partial charge in [0.2, 0.25) is 0 Å². The molecule has 0 aromatic heterocycles. The van der Waals surface area contributed by atoms with Gasteiger partial charge < -0.3 is 19.7 Å². The van der Waals surface area contributed by atoms with E-state index in [-0.39, 0.29) is 17.9 Å². The molecular formula is C22H32FIN2O5. The Bertz CT molecular complexity index is 859. The number of hydrogen-bond acceptors (Lipinski definition) is 5. The monoisotopic (exact) mass is 550 g/mol. The fraction of sp³-hybridized carbons (Fsp3) is 0.591. The quantitative estimate of drug-likeness (QED) is 0.437. The highest BCUT2D eigenvalue weighted by Crippen LogP contribution is 2.27. The van der Waals surface area contributed by atoms with Gasteiger partial charge in [-0.2, -0.15) is 0 Å². The number of nitrogens with zero attached hydrogens (tertiary/aromatic N) is 1. The average molecular weight is 550 g/mol. The maximum atomic E-state index is 14.4. The van der Waals surface area contributed by atoms with Gasteiger partial charge in [-0.3, -0.25) is 4.79 Å². The maximum Gasteiger partial charge on any atom is 0.408 e. The molecule has 1 aromatic carbocycles. The first-order chi connectivity index (χ1) is 13.8. The van der Waals surface area contributed by atoms with E-state index in [0.29, 0.717) is 9.13 Å². The van der Waals surface area contributed by atoms with Gasteiger partial charge >= 0.3 is 12.1 Å². The number of halogens is 2. The summed E-state index contributed by atoms with van der Waals surface area (Å²) in [7, 11) is 3.13. The number of ether oxygens (including phenoxy) is 2. The number of rotatable bonds is 5. The van der Waals surface area contributed by atoms with E-state index in [1.165, 1.54) is 17.9 Å². The lowest BCUT2D eigenvalue weighted by Crippen LogP contribution is -2.56. The van der Waals surface area contributed by atoms with Crippen molar-refractivity contribution in [3.63, 3.8) is 0 Å². The van der Waals surface area contributed by atoms with Crippen LogP contribution in [0.15, 0.2) is 12.1 Å². The van der Waals surface area contributed by atoms with Gasteiger partial charge in [0.05, 0.1) is 5.56 Å². The van der Waals surface area contributed by atoms with E-state index >= 15 is 0 Å². The summed E-state index contributed by atoms with van der Waals surface area (Å²) in [6.07, 6.45) is -0.915. The number of alkyl carbamates (subject to hydrolysis) is 1. The van der Waals surface area contributed by atoms with Crippen LogP contribution in [0.5, 0.6) is 0 Å². The second-order valence-corrected chi connectivity index (χ2v) is 10.8. The largest absolute Gasteiger partial charge is 0.458 e. The number of benzene rings is 1. The van der Waals surface area contributed by atoms with Crippen LogP contribution in [0.25, 0.3) is 0 Å². The molecule has 0 aliphatic carbocycles. The maximum absolute atomic E-state index is 14.4. The fourth-order valence-electron chi connectivity index (χ4n) is 2.64. The van der Waals surface area contributed by atoms with Gasteiger partial charge in [0, 0.05) is 24.1 Å². The smallest absolute Gasteiger partial charge is 0.408 e. The molecule has 1 atom stereocenters. The molecule has 0 spiro atoms. The van der Waals surface area contributed by atoms with E-state index in [9.17, 15) is 18.8 Å². The number of hydrogen-bond donors (Lipinski definition) is 1. The minimum atomic E-state index is -1.57. The number of carbonyl (C=O) groups excluding carboxylic acids is 3. The van der Waals surface area contributed by atoms with Crippen LogP contribution in [0.2, 0.25) is 0 Å². The van der Waals surface area contributed by atoms with Crippen molar-refractivity contribution in [1.82, 2.24) is 10.2 Å². The van der Waals surface area contributed by atoms with E-state index in [2.05, 4.69) is 5.32 Å². The number of carbonyl (C=O) groups is 3. The van der Waals surface area contributed by atoms with Crippen molar-refractivity contribution in [3.8, 4) is 0 Å². The normalized spacial score (nSPS) is 13.8. The Kier molecular flexibility index (Phi) is 8.49. The van der Waals surface area contributed by atoms with E-state index < -0.39 is 34.6 Å². The Hall–Kier alpha value is -1.91. The molecule has 0 bridgehead atoms. The number of esters is 1. The predicted octanol–water partition coefficient (Wildman–Crippen LogP) is 4.30. The van der Waals surface area contributed by atoms with Crippen LogP contribution >= 0.6 is 22.6 Å². The van der Waals surface area contributed by atoms with Crippen molar-refractivity contribution in [2.75, 3.05) is 14.1 Å². The second-order valence-electron chi connectivity index (χ2n) is 9.76. The van der Waals surface area contributed by atoms with Crippen LogP contribution in [-0.2, 0) is 20.7 Å². The summed E-state index contributed by atoms with van der Waals surface area (Å²) in [4.78, 5) is 39.3. The summed E-state index contributed by atoms with van der Waals surface area (Å²) in [5.41, 5.74) is -2.60. The SMILES string of the molecule is CN(C)C(=O)c1cc(F)cc(CC(C)(NC(=O)OC(C)(C)C)C(=O)OC(C)(C)C)c1I. The van der Waals surface area contributed by atoms with Crippen molar-refractivity contribution in [3.05, 3.63) is 32.6 Å². The third kappa shape index (κ3) is 8.27. The summed E-state index contributed by atoms with van der Waals surface area (Å²) in [6, 6.07) is 2.40. The Morgan fingerprint density at radius 1 is 1.00 bits per heavy atom. The molecule has 174 valence electrons. The van der Waals surface area contributed by atoms with Crippen molar-refractivity contribution in [2.24, 2.45) is 0 Å². The fourth-order valence-corrected chi connectivity index (χ4v) is 3.37. The Labute approximate surface area is 197 Å². The van der Waals surface area contributed by atoms with Crippen LogP contribution in [-0.4, -0.2) is 53.7 Å². The number of amides is 2. The van der Waals surface area contributed by atoms with Crippen LogP contribution in [0, 0.1) is 9.39 Å². The summed E-state index contributed by atoms with van der Waals surface area (Å²) in [5, 5.41) is 2.58. The van der Waals surface area contributed by atoms with Gasteiger partial charge in [-0.25, -0.2) is 14.0 Å². The molecular weight excluding hydrogens is 518 g/mol. The van der Waals surface area contributed by atoms with Gasteiger partial charge in [-0.15, -0.1) is 0 Å². The van der Waals surface area contributed by atoms with E-state index in [0.717, 1.165) is 6.07 Å². The van der Waals surface area contributed by atoms with E-state index in [4.69, 9.17) is 9.47 Å². The van der Waals surface area contributed by atoms with Gasteiger partial charge in [0.1, 0.15) is 22.6 Å². The summed E-state index contributed by atoms with van der Waals surface area (Å²) >= 11 is 1.94. The first-order valence-electron chi connectivity index (χ1n) is 9.79. The van der Waals surface area contributed by atoms with E-state index in [1.54, 1.807) is 55.6 Å². The highest BCUT2D eigenvalue weighted by molar-refractivity contribution is 14.1. The molecule has 0 aliphatic rings. The molecule has 1 unspecified atom stereocenters. The molecule has 0 aliphatic heterocycles. The van der Waals surface area contributed by atoms with Crippen LogP contribution in [0.1, 0.15) is 64.4 Å². The van der Waals surface area contributed by atoms with Gasteiger partial charge in [0.15, 0.2) is 0 Å². The minimum Gasteiger partial charge on any atom is -0.458 e. The number of nitrogens with one attached hydrogen (secondary N) is 1. The van der Waals surface area contributed by atoms with Gasteiger partial charge in [0.25, 0.3) is 5.91 Å². The molecule has 2 amide bonds. The summed E-state index contributed by atoms with van der Waals surface area (Å²) in [6.45, 7) is 11.7. The van der Waals surface area contributed by atoms with Crippen LogP contribution in [0.3, 0.4) is 0 Å². The van der Waals surface area contributed by atoms with Crippen LogP contribution in [0.4, 0.5) is 9.18 Å². The standard InChI is InChI=1S/C22H32FIN2O5/c1-20(2,3)30-18(28)22(7,25-19(29)31-21(4,5)6)12-13-10-14(23)11-15(16(13)24)17(27)26(8)9/h10-11H,12H2,1-9H3,(H,25,29). The molecule has 0 saturated heterocycles. The molecule has 9 heteroatoms. The summed E-state index contributed by atoms with van der Waals surface area (Å²) < 4.78 is 25.7. The minimum absolute atomic E-state index is 0.106. The Morgan fingerprint density at radius 3 is 1.97 bits per heavy atom. The lowest BCUT2D eigenvalue weighted by atomic mass is 9.91. The molecule has 1 aromatic rings. The molecule has 0 heterocycles. The van der Waals surface area contributed by atoms with Crippen molar-refractivity contribution < 1.29 is 28.2 Å². The molecule has 1 N–H and O–H groups in total. The highest BCUT2D eigenvalue weighted by Gasteiger charge is 2.41. The molecule has 0 radical (unpaired) electrons. The average Bonchev–Trinajstić information content (AvgIpc) is 2.53. The topological polar surface area (TPSA) is 84.9 Å². The molecule has 0 saturated carbocycles. The molecule has 7 nitrogen and oxygen atoms in total. The lowest BCUT2D eigenvalue weighted by molar-refractivity contribution is -0.162. The third-order valence-electron chi connectivity index (χ3n) is 3.92. The zero-order chi connectivity index (χ0) is 24.4. The second kappa shape index (κ2) is 9.70. The third-order valence-corrected chi connectivity index (χ3v) is 5.19. The molecule has 1 rings (SSSR count). The predicted molar refractivity (Wildman–Crippen MR) is 124 cm³/mol. The Balaban J connectivity index is 3.43. The zero-order valence-corrected chi connectivity index (χ0v) is 21.8. The Morgan fingerprint density at radius 2 is 1.52 bits per heavy atom. The summed E-state index contributed by atoms with van der Waals surface area (Å²) in [5.74, 6) is -1.69. The van der Waals surface area contributed by atoms with Crippen molar-refractivity contribution in [2.45, 2.75) is 71.6 Å². The molecule has 0 fully saturated rings. The van der Waals surface area contributed by atoms with E-state index in [1.807, 2.05) is 22.6 Å². The van der Waals surface area contributed by atoms with Crippen molar-refractivity contribution >= 4 is 40.6 Å². The first-order valence-corrected chi connectivity index (χ1v) is 10.9. The van der Waals surface area contributed by atoms with Crippen molar-refractivity contribution in [1.29, 1.82) is 0 Å². The highest BCUT2D eigenvalue weighted by atomic mass is 127. The lowest BCUT2D eigenvalue weighted by Gasteiger charge is -2.33. The molecule has 31 heavy (non-hydrogen) atoms. The van der Waals surface area contributed by atoms with Gasteiger partial charge in [-0.1, -0.05) is 0 Å². The van der Waals surface area contributed by atoms with Crippen LogP contribution < -0.4 is 5.32 Å².